The second-order valence-corrected chi connectivity index (χ2v) is 10.3. The maximum absolute atomic E-state index is 13.1. The molecule has 0 aliphatic carbocycles. The Morgan fingerprint density at radius 2 is 1.83 bits per heavy atom. The first kappa shape index (κ1) is 22.7. The van der Waals surface area contributed by atoms with Crippen LogP contribution in [0.15, 0.2) is 29.2 Å². The fourth-order valence-electron chi connectivity index (χ4n) is 4.12. The molecule has 0 bridgehead atoms. The average Bonchev–Trinajstić information content (AvgIpc) is 3.09. The molecule has 0 aromatic heterocycles. The summed E-state index contributed by atoms with van der Waals surface area (Å²) in [6.45, 7) is 10.1. The van der Waals surface area contributed by atoms with Crippen LogP contribution in [0.1, 0.15) is 34.1 Å². The molecule has 9 heteroatoms. The van der Waals surface area contributed by atoms with Crippen LogP contribution in [0.2, 0.25) is 0 Å². The van der Waals surface area contributed by atoms with E-state index in [0.717, 1.165) is 0 Å². The quantitative estimate of drug-likeness (QED) is 0.676. The van der Waals surface area contributed by atoms with Gasteiger partial charge in [-0.1, -0.05) is 13.8 Å². The number of nitrogens with zero attached hydrogens (tertiary/aromatic N) is 3. The van der Waals surface area contributed by atoms with Crippen molar-refractivity contribution in [2.75, 3.05) is 44.3 Å². The van der Waals surface area contributed by atoms with Crippen molar-refractivity contribution in [2.45, 2.75) is 44.6 Å². The van der Waals surface area contributed by atoms with Crippen LogP contribution < -0.4 is 4.90 Å². The van der Waals surface area contributed by atoms with Crippen molar-refractivity contribution < 1.29 is 22.7 Å². The number of morpholine rings is 1. The summed E-state index contributed by atoms with van der Waals surface area (Å²) < 4.78 is 32.2. The highest BCUT2D eigenvalue weighted by atomic mass is 32.2. The summed E-state index contributed by atoms with van der Waals surface area (Å²) in [5.41, 5.74) is 0.210. The van der Waals surface area contributed by atoms with Gasteiger partial charge in [-0.2, -0.15) is 4.31 Å². The molecule has 1 aromatic rings. The third-order valence-corrected chi connectivity index (χ3v) is 7.94. The Balaban J connectivity index is 1.75. The molecule has 1 unspecified atom stereocenters. The first-order valence-electron chi connectivity index (χ1n) is 10.4. The smallest absolute Gasteiger partial charge is 0.243 e. The van der Waals surface area contributed by atoms with Gasteiger partial charge in [0.15, 0.2) is 0 Å². The maximum Gasteiger partial charge on any atom is 0.243 e. The molecule has 2 fully saturated rings. The lowest BCUT2D eigenvalue weighted by molar-refractivity contribution is -0.150. The van der Waals surface area contributed by atoms with E-state index >= 15 is 0 Å². The first-order valence-corrected chi connectivity index (χ1v) is 11.9. The molecule has 1 atom stereocenters. The van der Waals surface area contributed by atoms with E-state index in [1.165, 1.54) is 16.4 Å². The summed E-state index contributed by atoms with van der Waals surface area (Å²) in [5.74, 6) is -0.562. The molecule has 8 nitrogen and oxygen atoms in total. The van der Waals surface area contributed by atoms with Crippen LogP contribution in [0.25, 0.3) is 0 Å². The molecule has 0 radical (unpaired) electrons. The number of sulfonamides is 1. The van der Waals surface area contributed by atoms with Gasteiger partial charge in [0.05, 0.1) is 29.6 Å². The van der Waals surface area contributed by atoms with E-state index < -0.39 is 21.5 Å². The highest BCUT2D eigenvalue weighted by molar-refractivity contribution is 7.89. The minimum absolute atomic E-state index is 0.0279. The zero-order chi connectivity index (χ0) is 22.1. The standard InChI is InChI=1S/C21H31N3O5S/c1-5-22(6-2)30(27,28)18-9-7-17(8-10-18)23-14-16(13-19(23)25)20(26)24-11-12-29-15-21(24,3)4/h7-10,16H,5-6,11-15H2,1-4H3. The molecule has 3 rings (SSSR count). The number of rotatable bonds is 6. The van der Waals surface area contributed by atoms with Crippen LogP contribution >= 0.6 is 0 Å². The Morgan fingerprint density at radius 1 is 1.20 bits per heavy atom. The van der Waals surface area contributed by atoms with Crippen LogP contribution in [0.3, 0.4) is 0 Å². The molecule has 2 heterocycles. The molecule has 30 heavy (non-hydrogen) atoms. The molecule has 2 amide bonds. The van der Waals surface area contributed by atoms with Gasteiger partial charge in [0.2, 0.25) is 21.8 Å². The number of carbonyl (C=O) groups is 2. The summed E-state index contributed by atoms with van der Waals surface area (Å²) in [5, 5.41) is 0. The molecule has 0 N–H and O–H groups in total. The molecular formula is C21H31N3O5S. The van der Waals surface area contributed by atoms with E-state index in [1.807, 2.05) is 18.7 Å². The van der Waals surface area contributed by atoms with E-state index in [1.54, 1.807) is 30.9 Å². The van der Waals surface area contributed by atoms with Crippen molar-refractivity contribution in [2.24, 2.45) is 5.92 Å². The lowest BCUT2D eigenvalue weighted by atomic mass is 9.98. The maximum atomic E-state index is 13.1. The predicted octanol–water partition coefficient (Wildman–Crippen LogP) is 1.71. The van der Waals surface area contributed by atoms with Gasteiger partial charge in [-0.25, -0.2) is 8.42 Å². The normalized spacial score (nSPS) is 22.0. The second kappa shape index (κ2) is 8.64. The summed E-state index contributed by atoms with van der Waals surface area (Å²) in [6, 6.07) is 6.33. The average molecular weight is 438 g/mol. The Bertz CT molecular complexity index is 894. The monoisotopic (exact) mass is 437 g/mol. The summed E-state index contributed by atoms with van der Waals surface area (Å²) in [7, 11) is -3.55. The summed E-state index contributed by atoms with van der Waals surface area (Å²) in [6.07, 6.45) is 0.158. The third-order valence-electron chi connectivity index (χ3n) is 5.88. The number of carbonyl (C=O) groups excluding carboxylic acids is 2. The van der Waals surface area contributed by atoms with Crippen LogP contribution in [0.5, 0.6) is 0 Å². The largest absolute Gasteiger partial charge is 0.377 e. The van der Waals surface area contributed by atoms with Crippen molar-refractivity contribution in [1.82, 2.24) is 9.21 Å². The van der Waals surface area contributed by atoms with Crippen LogP contribution in [0, 0.1) is 5.92 Å². The van der Waals surface area contributed by atoms with Gasteiger partial charge >= 0.3 is 0 Å². The molecule has 1 aromatic carbocycles. The molecule has 2 aliphatic rings. The van der Waals surface area contributed by atoms with Crippen molar-refractivity contribution in [3.8, 4) is 0 Å². The third kappa shape index (κ3) is 4.24. The number of hydrogen-bond donors (Lipinski definition) is 0. The molecular weight excluding hydrogens is 406 g/mol. The van der Waals surface area contributed by atoms with Gasteiger partial charge in [-0.15, -0.1) is 0 Å². The van der Waals surface area contributed by atoms with E-state index in [2.05, 4.69) is 0 Å². The van der Waals surface area contributed by atoms with E-state index in [4.69, 9.17) is 4.74 Å². The van der Waals surface area contributed by atoms with Crippen LogP contribution in [0.4, 0.5) is 5.69 Å². The summed E-state index contributed by atoms with van der Waals surface area (Å²) >= 11 is 0. The van der Waals surface area contributed by atoms with E-state index in [-0.39, 0.29) is 23.1 Å². The molecule has 0 spiro atoms. The van der Waals surface area contributed by atoms with Gasteiger partial charge < -0.3 is 14.5 Å². The topological polar surface area (TPSA) is 87.2 Å². The number of ether oxygens (including phenoxy) is 1. The number of amides is 2. The van der Waals surface area contributed by atoms with Gasteiger partial charge in [0, 0.05) is 38.3 Å². The van der Waals surface area contributed by atoms with Crippen LogP contribution in [-0.4, -0.2) is 74.4 Å². The fourth-order valence-corrected chi connectivity index (χ4v) is 5.58. The second-order valence-electron chi connectivity index (χ2n) is 8.34. The SMILES string of the molecule is CCN(CC)S(=O)(=O)c1ccc(N2CC(C(=O)N3CCOCC3(C)C)CC2=O)cc1. The number of anilines is 1. The predicted molar refractivity (Wildman–Crippen MR) is 114 cm³/mol. The highest BCUT2D eigenvalue weighted by Gasteiger charge is 2.42. The van der Waals surface area contributed by atoms with Gasteiger partial charge in [0.25, 0.3) is 0 Å². The van der Waals surface area contributed by atoms with Gasteiger partial charge in [-0.05, 0) is 38.1 Å². The Hall–Kier alpha value is -1.97. The Morgan fingerprint density at radius 3 is 2.40 bits per heavy atom. The molecule has 2 aliphatic heterocycles. The fraction of sp³-hybridized carbons (Fsp3) is 0.619. The van der Waals surface area contributed by atoms with Crippen molar-refractivity contribution in [3.05, 3.63) is 24.3 Å². The van der Waals surface area contributed by atoms with Crippen molar-refractivity contribution in [3.63, 3.8) is 0 Å². The van der Waals surface area contributed by atoms with E-state index in [9.17, 15) is 18.0 Å². The number of hydrogen-bond acceptors (Lipinski definition) is 5. The lowest BCUT2D eigenvalue weighted by Gasteiger charge is -2.43. The van der Waals surface area contributed by atoms with Crippen molar-refractivity contribution >= 4 is 27.5 Å². The molecule has 2 saturated heterocycles. The highest BCUT2D eigenvalue weighted by Crippen LogP contribution is 2.30. The molecule has 166 valence electrons. The minimum atomic E-state index is -3.55. The van der Waals surface area contributed by atoms with Gasteiger partial charge in [-0.3, -0.25) is 9.59 Å². The minimum Gasteiger partial charge on any atom is -0.377 e. The van der Waals surface area contributed by atoms with Crippen molar-refractivity contribution in [1.29, 1.82) is 0 Å². The zero-order valence-corrected chi connectivity index (χ0v) is 18.9. The zero-order valence-electron chi connectivity index (χ0n) is 18.1. The van der Waals surface area contributed by atoms with Gasteiger partial charge in [0.1, 0.15) is 0 Å². The molecule has 0 saturated carbocycles. The Kier molecular flexibility index (Phi) is 6.54. The lowest BCUT2D eigenvalue weighted by Crippen LogP contribution is -2.57. The summed E-state index contributed by atoms with van der Waals surface area (Å²) in [4.78, 5) is 29.3. The van der Waals surface area contributed by atoms with E-state index in [0.29, 0.717) is 45.1 Å². The van der Waals surface area contributed by atoms with Crippen LogP contribution in [-0.2, 0) is 24.3 Å². The Labute approximate surface area is 178 Å². The number of benzene rings is 1. The first-order chi connectivity index (χ1) is 14.1.